The third-order valence-corrected chi connectivity index (χ3v) is 4.84. The average molecular weight is 253 g/mol. The van der Waals surface area contributed by atoms with E-state index in [0.717, 1.165) is 11.8 Å². The number of hydrogen-bond donors (Lipinski definition) is 1. The smallest absolute Gasteiger partial charge is 0.0274 e. The van der Waals surface area contributed by atoms with Gasteiger partial charge in [0.15, 0.2) is 0 Å². The minimum atomic E-state index is 0.390. The van der Waals surface area contributed by atoms with Crippen molar-refractivity contribution in [3.63, 3.8) is 0 Å². The van der Waals surface area contributed by atoms with Crippen LogP contribution in [0, 0.1) is 11.8 Å². The number of hydrogen-bond acceptors (Lipinski definition) is 3. The van der Waals surface area contributed by atoms with Crippen LogP contribution in [0.2, 0.25) is 0 Å². The van der Waals surface area contributed by atoms with Gasteiger partial charge in [-0.05, 0) is 37.6 Å². The predicted octanol–water partition coefficient (Wildman–Crippen LogP) is 1.78. The molecule has 3 heteroatoms. The maximum atomic E-state index is 6.43. The highest BCUT2D eigenvalue weighted by Crippen LogP contribution is 2.31. The zero-order valence-corrected chi connectivity index (χ0v) is 12.4. The van der Waals surface area contributed by atoms with Gasteiger partial charge in [-0.25, -0.2) is 0 Å². The molecule has 0 amide bonds. The second-order valence-corrected chi connectivity index (χ2v) is 6.59. The van der Waals surface area contributed by atoms with Crippen molar-refractivity contribution in [1.29, 1.82) is 0 Å². The standard InChI is InChI=1S/C15H31N3/c1-4-5-17-6-8-18(9-7-17)15-13(3)10-12(2)11-14(15)16/h12-15H,4-11,16H2,1-3H3. The van der Waals surface area contributed by atoms with Gasteiger partial charge in [0.1, 0.15) is 0 Å². The highest BCUT2D eigenvalue weighted by atomic mass is 15.3. The van der Waals surface area contributed by atoms with E-state index in [-0.39, 0.29) is 0 Å². The van der Waals surface area contributed by atoms with Crippen LogP contribution in [0.3, 0.4) is 0 Å². The molecule has 2 N–H and O–H groups in total. The molecule has 0 bridgehead atoms. The number of nitrogens with zero attached hydrogens (tertiary/aromatic N) is 2. The molecule has 3 nitrogen and oxygen atoms in total. The number of piperazine rings is 1. The van der Waals surface area contributed by atoms with Crippen LogP contribution in [0.15, 0.2) is 0 Å². The van der Waals surface area contributed by atoms with Crippen molar-refractivity contribution in [3.8, 4) is 0 Å². The Morgan fingerprint density at radius 3 is 2.28 bits per heavy atom. The first kappa shape index (κ1) is 14.3. The van der Waals surface area contributed by atoms with Crippen molar-refractivity contribution >= 4 is 0 Å². The van der Waals surface area contributed by atoms with E-state index in [1.807, 2.05) is 0 Å². The average Bonchev–Trinajstić information content (AvgIpc) is 2.30. The van der Waals surface area contributed by atoms with Crippen LogP contribution < -0.4 is 5.73 Å². The Kier molecular flexibility index (Phi) is 5.05. The highest BCUT2D eigenvalue weighted by Gasteiger charge is 2.36. The van der Waals surface area contributed by atoms with E-state index in [0.29, 0.717) is 12.1 Å². The summed E-state index contributed by atoms with van der Waals surface area (Å²) in [6.07, 6.45) is 3.84. The van der Waals surface area contributed by atoms with E-state index in [1.165, 1.54) is 52.0 Å². The molecule has 18 heavy (non-hydrogen) atoms. The van der Waals surface area contributed by atoms with Gasteiger partial charge in [-0.1, -0.05) is 20.8 Å². The Bertz CT molecular complexity index is 236. The lowest BCUT2D eigenvalue weighted by molar-refractivity contribution is 0.0331. The van der Waals surface area contributed by atoms with Gasteiger partial charge >= 0.3 is 0 Å². The summed E-state index contributed by atoms with van der Waals surface area (Å²) in [5, 5.41) is 0. The fourth-order valence-electron chi connectivity index (χ4n) is 4.13. The quantitative estimate of drug-likeness (QED) is 0.832. The largest absolute Gasteiger partial charge is 0.326 e. The fourth-order valence-corrected chi connectivity index (χ4v) is 4.13. The monoisotopic (exact) mass is 253 g/mol. The Morgan fingerprint density at radius 1 is 1.06 bits per heavy atom. The van der Waals surface area contributed by atoms with Crippen LogP contribution in [-0.2, 0) is 0 Å². The SMILES string of the molecule is CCCN1CCN(C2C(C)CC(C)CC2N)CC1. The van der Waals surface area contributed by atoms with E-state index >= 15 is 0 Å². The third-order valence-electron chi connectivity index (χ3n) is 4.84. The maximum absolute atomic E-state index is 6.43. The van der Waals surface area contributed by atoms with Crippen LogP contribution in [0.1, 0.15) is 40.0 Å². The summed E-state index contributed by atoms with van der Waals surface area (Å²) in [6.45, 7) is 13.2. The van der Waals surface area contributed by atoms with Gasteiger partial charge < -0.3 is 10.6 Å². The molecule has 0 aromatic rings. The second-order valence-electron chi connectivity index (χ2n) is 6.59. The molecule has 1 aliphatic carbocycles. The van der Waals surface area contributed by atoms with Crippen LogP contribution in [0.25, 0.3) is 0 Å². The second kappa shape index (κ2) is 6.36. The molecule has 0 aromatic heterocycles. The summed E-state index contributed by atoms with van der Waals surface area (Å²) in [7, 11) is 0. The van der Waals surface area contributed by atoms with Gasteiger partial charge in [-0.2, -0.15) is 0 Å². The van der Waals surface area contributed by atoms with E-state index in [1.54, 1.807) is 0 Å². The zero-order chi connectivity index (χ0) is 13.1. The van der Waals surface area contributed by atoms with Crippen molar-refractivity contribution in [2.75, 3.05) is 32.7 Å². The molecule has 4 atom stereocenters. The van der Waals surface area contributed by atoms with Crippen LogP contribution in [0.4, 0.5) is 0 Å². The summed E-state index contributed by atoms with van der Waals surface area (Å²) in [6, 6.07) is 1.02. The molecule has 2 fully saturated rings. The Hall–Kier alpha value is -0.120. The molecule has 1 saturated heterocycles. The van der Waals surface area contributed by atoms with E-state index in [2.05, 4.69) is 30.6 Å². The van der Waals surface area contributed by atoms with Gasteiger partial charge in [-0.3, -0.25) is 4.90 Å². The molecule has 0 spiro atoms. The summed E-state index contributed by atoms with van der Waals surface area (Å²) in [5.74, 6) is 1.58. The molecule has 0 aromatic carbocycles. The first-order valence-corrected chi connectivity index (χ1v) is 7.83. The van der Waals surface area contributed by atoms with Crippen LogP contribution >= 0.6 is 0 Å². The van der Waals surface area contributed by atoms with Crippen molar-refractivity contribution in [3.05, 3.63) is 0 Å². The van der Waals surface area contributed by atoms with Gasteiger partial charge in [0.2, 0.25) is 0 Å². The van der Waals surface area contributed by atoms with Crippen molar-refractivity contribution in [2.24, 2.45) is 17.6 Å². The Morgan fingerprint density at radius 2 is 1.72 bits per heavy atom. The van der Waals surface area contributed by atoms with Crippen molar-refractivity contribution in [2.45, 2.75) is 52.1 Å². The Balaban J connectivity index is 1.88. The molecular weight excluding hydrogens is 222 g/mol. The van der Waals surface area contributed by atoms with Crippen LogP contribution in [0.5, 0.6) is 0 Å². The normalized spacial score (nSPS) is 40.0. The lowest BCUT2D eigenvalue weighted by atomic mass is 9.76. The minimum absolute atomic E-state index is 0.390. The zero-order valence-electron chi connectivity index (χ0n) is 12.4. The molecule has 1 saturated carbocycles. The number of rotatable bonds is 3. The Labute approximate surface area is 113 Å². The first-order chi connectivity index (χ1) is 8.61. The van der Waals surface area contributed by atoms with Gasteiger partial charge in [0.05, 0.1) is 0 Å². The van der Waals surface area contributed by atoms with Gasteiger partial charge in [0, 0.05) is 38.3 Å². The summed E-state index contributed by atoms with van der Waals surface area (Å²) in [5.41, 5.74) is 6.43. The summed E-state index contributed by atoms with van der Waals surface area (Å²) in [4.78, 5) is 5.27. The molecule has 1 heterocycles. The van der Waals surface area contributed by atoms with E-state index in [9.17, 15) is 0 Å². The molecule has 4 unspecified atom stereocenters. The van der Waals surface area contributed by atoms with Gasteiger partial charge in [-0.15, -0.1) is 0 Å². The fraction of sp³-hybridized carbons (Fsp3) is 1.00. The maximum Gasteiger partial charge on any atom is 0.0274 e. The third kappa shape index (κ3) is 3.25. The summed E-state index contributed by atoms with van der Waals surface area (Å²) >= 11 is 0. The highest BCUT2D eigenvalue weighted by molar-refractivity contribution is 4.93. The molecule has 2 aliphatic rings. The lowest BCUT2D eigenvalue weighted by Gasteiger charge is -2.47. The molecule has 2 rings (SSSR count). The van der Waals surface area contributed by atoms with Crippen LogP contribution in [-0.4, -0.2) is 54.6 Å². The number of nitrogens with two attached hydrogens (primary N) is 1. The first-order valence-electron chi connectivity index (χ1n) is 7.83. The molecule has 1 aliphatic heterocycles. The van der Waals surface area contributed by atoms with Gasteiger partial charge in [0.25, 0.3) is 0 Å². The summed E-state index contributed by atoms with van der Waals surface area (Å²) < 4.78 is 0. The van der Waals surface area contributed by atoms with Crippen molar-refractivity contribution in [1.82, 2.24) is 9.80 Å². The van der Waals surface area contributed by atoms with E-state index in [4.69, 9.17) is 5.73 Å². The molecule has 106 valence electrons. The lowest BCUT2D eigenvalue weighted by Crippen LogP contribution is -2.59. The molecule has 0 radical (unpaired) electrons. The topological polar surface area (TPSA) is 32.5 Å². The van der Waals surface area contributed by atoms with E-state index < -0.39 is 0 Å². The predicted molar refractivity (Wildman–Crippen MR) is 77.6 cm³/mol. The molecular formula is C15H31N3. The van der Waals surface area contributed by atoms with Crippen molar-refractivity contribution < 1.29 is 0 Å². The minimum Gasteiger partial charge on any atom is -0.326 e.